The summed E-state index contributed by atoms with van der Waals surface area (Å²) in [7, 11) is 1.52. The smallest absolute Gasteiger partial charge is 0.327 e. The van der Waals surface area contributed by atoms with Crippen molar-refractivity contribution in [2.45, 2.75) is 18.9 Å². The SMILES string of the molecule is COCCN1C(=O)CN(C2CCN(C(=O)c3ccncc3F)CC2)C1=O. The number of urea groups is 1. The molecule has 0 unspecified atom stereocenters. The van der Waals surface area contributed by atoms with Crippen molar-refractivity contribution >= 4 is 17.8 Å². The first-order valence-corrected chi connectivity index (χ1v) is 8.51. The zero-order valence-corrected chi connectivity index (χ0v) is 14.6. The molecular formula is C17H21FN4O4. The van der Waals surface area contributed by atoms with Crippen LogP contribution in [0.1, 0.15) is 23.2 Å². The Morgan fingerprint density at radius 1 is 1.35 bits per heavy atom. The molecule has 2 saturated heterocycles. The fourth-order valence-corrected chi connectivity index (χ4v) is 3.35. The van der Waals surface area contributed by atoms with Crippen molar-refractivity contribution in [2.24, 2.45) is 0 Å². The van der Waals surface area contributed by atoms with Crippen LogP contribution in [0.5, 0.6) is 0 Å². The van der Waals surface area contributed by atoms with Crippen molar-refractivity contribution in [3.63, 3.8) is 0 Å². The van der Waals surface area contributed by atoms with Crippen molar-refractivity contribution in [3.05, 3.63) is 29.8 Å². The molecule has 0 N–H and O–H groups in total. The molecule has 2 aliphatic heterocycles. The molecule has 1 aromatic heterocycles. The molecule has 0 spiro atoms. The number of nitrogens with zero attached hydrogens (tertiary/aromatic N) is 4. The van der Waals surface area contributed by atoms with Crippen LogP contribution in [0.2, 0.25) is 0 Å². The van der Waals surface area contributed by atoms with E-state index in [-0.39, 0.29) is 42.5 Å². The van der Waals surface area contributed by atoms with Crippen LogP contribution in [-0.4, -0.2) is 83.5 Å². The fourth-order valence-electron chi connectivity index (χ4n) is 3.35. The van der Waals surface area contributed by atoms with Crippen molar-refractivity contribution in [1.29, 1.82) is 0 Å². The van der Waals surface area contributed by atoms with E-state index in [1.54, 1.807) is 9.80 Å². The van der Waals surface area contributed by atoms with Gasteiger partial charge in [0.15, 0.2) is 5.82 Å². The van der Waals surface area contributed by atoms with Gasteiger partial charge in [0.1, 0.15) is 6.54 Å². The predicted octanol–water partition coefficient (Wildman–Crippen LogP) is 0.736. The Kier molecular flexibility index (Phi) is 5.46. The third kappa shape index (κ3) is 3.52. The van der Waals surface area contributed by atoms with Gasteiger partial charge in [0.25, 0.3) is 5.91 Å². The van der Waals surface area contributed by atoms with E-state index in [2.05, 4.69) is 4.98 Å². The van der Waals surface area contributed by atoms with E-state index in [1.807, 2.05) is 0 Å². The number of rotatable bonds is 5. The molecule has 3 rings (SSSR count). The van der Waals surface area contributed by atoms with E-state index < -0.39 is 5.82 Å². The monoisotopic (exact) mass is 364 g/mol. The number of amides is 4. The highest BCUT2D eigenvalue weighted by Crippen LogP contribution is 2.23. The van der Waals surface area contributed by atoms with Gasteiger partial charge in [0, 0.05) is 32.4 Å². The van der Waals surface area contributed by atoms with Crippen LogP contribution in [0, 0.1) is 5.82 Å². The summed E-state index contributed by atoms with van der Waals surface area (Å²) in [5.74, 6) is -1.26. The van der Waals surface area contributed by atoms with Gasteiger partial charge in [0.2, 0.25) is 5.91 Å². The summed E-state index contributed by atoms with van der Waals surface area (Å²) in [6.07, 6.45) is 3.50. The first kappa shape index (κ1) is 18.2. The van der Waals surface area contributed by atoms with E-state index in [0.29, 0.717) is 32.5 Å². The zero-order chi connectivity index (χ0) is 18.7. The first-order valence-electron chi connectivity index (χ1n) is 8.51. The lowest BCUT2D eigenvalue weighted by molar-refractivity contribution is -0.125. The molecule has 0 atom stereocenters. The van der Waals surface area contributed by atoms with Crippen LogP contribution >= 0.6 is 0 Å². The first-order chi connectivity index (χ1) is 12.5. The molecule has 2 fully saturated rings. The Labute approximate surface area is 150 Å². The van der Waals surface area contributed by atoms with Gasteiger partial charge in [-0.25, -0.2) is 9.18 Å². The quantitative estimate of drug-likeness (QED) is 0.720. The second kappa shape index (κ2) is 7.77. The van der Waals surface area contributed by atoms with Gasteiger partial charge in [-0.3, -0.25) is 19.5 Å². The molecule has 140 valence electrons. The summed E-state index contributed by atoms with van der Waals surface area (Å²) in [6, 6.07) is 0.947. The largest absolute Gasteiger partial charge is 0.383 e. The lowest BCUT2D eigenvalue weighted by atomic mass is 10.0. The fraction of sp³-hybridized carbons (Fsp3) is 0.529. The van der Waals surface area contributed by atoms with Crippen molar-refractivity contribution in [3.8, 4) is 0 Å². The summed E-state index contributed by atoms with van der Waals surface area (Å²) >= 11 is 0. The Balaban J connectivity index is 1.59. The molecule has 0 bridgehead atoms. The standard InChI is InChI=1S/C17H21FN4O4/c1-26-9-8-21-15(23)11-22(17(21)25)12-3-6-20(7-4-12)16(24)13-2-5-19-10-14(13)18/h2,5,10,12H,3-4,6-9,11H2,1H3. The number of hydrogen-bond donors (Lipinski definition) is 0. The normalized spacial score (nSPS) is 18.8. The van der Waals surface area contributed by atoms with E-state index in [9.17, 15) is 18.8 Å². The molecule has 8 nitrogen and oxygen atoms in total. The van der Waals surface area contributed by atoms with Gasteiger partial charge >= 0.3 is 6.03 Å². The molecule has 1 aromatic rings. The molecule has 3 heterocycles. The molecule has 0 aromatic carbocycles. The number of piperidine rings is 1. The highest BCUT2D eigenvalue weighted by atomic mass is 19.1. The molecule has 26 heavy (non-hydrogen) atoms. The molecule has 4 amide bonds. The molecule has 0 saturated carbocycles. The number of carbonyl (C=O) groups is 3. The second-order valence-corrected chi connectivity index (χ2v) is 6.33. The van der Waals surface area contributed by atoms with Crippen LogP contribution in [0.4, 0.5) is 9.18 Å². The van der Waals surface area contributed by atoms with Crippen LogP contribution in [0.15, 0.2) is 18.5 Å². The number of carbonyl (C=O) groups excluding carboxylic acids is 3. The van der Waals surface area contributed by atoms with Gasteiger partial charge < -0.3 is 14.5 Å². The van der Waals surface area contributed by atoms with E-state index >= 15 is 0 Å². The molecule has 0 radical (unpaired) electrons. The van der Waals surface area contributed by atoms with Gasteiger partial charge in [-0.1, -0.05) is 0 Å². The van der Waals surface area contributed by atoms with Crippen LogP contribution in [-0.2, 0) is 9.53 Å². The average molecular weight is 364 g/mol. The summed E-state index contributed by atoms with van der Waals surface area (Å²) < 4.78 is 18.7. The summed E-state index contributed by atoms with van der Waals surface area (Å²) in [4.78, 5) is 44.9. The molecule has 0 aliphatic carbocycles. The van der Waals surface area contributed by atoms with Crippen molar-refractivity contribution < 1.29 is 23.5 Å². The van der Waals surface area contributed by atoms with Crippen LogP contribution in [0.25, 0.3) is 0 Å². The van der Waals surface area contributed by atoms with Crippen LogP contribution < -0.4 is 0 Å². The lowest BCUT2D eigenvalue weighted by Gasteiger charge is -2.36. The minimum Gasteiger partial charge on any atom is -0.383 e. The summed E-state index contributed by atoms with van der Waals surface area (Å²) in [5, 5.41) is 0. The lowest BCUT2D eigenvalue weighted by Crippen LogP contribution is -2.48. The molecular weight excluding hydrogens is 343 g/mol. The maximum atomic E-state index is 13.7. The van der Waals surface area contributed by atoms with Gasteiger partial charge in [0.05, 0.1) is 24.9 Å². The third-order valence-electron chi connectivity index (χ3n) is 4.80. The van der Waals surface area contributed by atoms with Gasteiger partial charge in [-0.15, -0.1) is 0 Å². The summed E-state index contributed by atoms with van der Waals surface area (Å²) in [5.41, 5.74) is -0.00313. The average Bonchev–Trinajstić information content (AvgIpc) is 2.94. The number of ether oxygens (including phenoxy) is 1. The van der Waals surface area contributed by atoms with Crippen molar-refractivity contribution in [2.75, 3.05) is 39.9 Å². The topological polar surface area (TPSA) is 83.1 Å². The Morgan fingerprint density at radius 3 is 2.73 bits per heavy atom. The Morgan fingerprint density at radius 2 is 2.08 bits per heavy atom. The minimum absolute atomic E-state index is 0.00313. The third-order valence-corrected chi connectivity index (χ3v) is 4.80. The second-order valence-electron chi connectivity index (χ2n) is 6.33. The molecule has 9 heteroatoms. The number of imide groups is 1. The maximum Gasteiger partial charge on any atom is 0.327 e. The minimum atomic E-state index is -0.645. The maximum absolute atomic E-state index is 13.7. The van der Waals surface area contributed by atoms with E-state index in [4.69, 9.17) is 4.74 Å². The highest BCUT2D eigenvalue weighted by Gasteiger charge is 2.40. The Bertz CT molecular complexity index is 706. The highest BCUT2D eigenvalue weighted by molar-refractivity contribution is 6.02. The zero-order valence-electron chi connectivity index (χ0n) is 14.6. The van der Waals surface area contributed by atoms with E-state index in [1.165, 1.54) is 24.3 Å². The number of hydrogen-bond acceptors (Lipinski definition) is 5. The molecule has 2 aliphatic rings. The van der Waals surface area contributed by atoms with E-state index in [0.717, 1.165) is 6.20 Å². The van der Waals surface area contributed by atoms with Crippen LogP contribution in [0.3, 0.4) is 0 Å². The van der Waals surface area contributed by atoms with Gasteiger partial charge in [-0.05, 0) is 18.9 Å². The number of halogens is 1. The predicted molar refractivity (Wildman–Crippen MR) is 88.8 cm³/mol. The van der Waals surface area contributed by atoms with Crippen molar-refractivity contribution in [1.82, 2.24) is 19.7 Å². The number of aromatic nitrogens is 1. The number of methoxy groups -OCH3 is 1. The van der Waals surface area contributed by atoms with Gasteiger partial charge in [-0.2, -0.15) is 0 Å². The number of pyridine rings is 1. The Hall–Kier alpha value is -2.55. The number of likely N-dealkylation sites (tertiary alicyclic amines) is 1. The summed E-state index contributed by atoms with van der Waals surface area (Å²) in [6.45, 7) is 1.40.